The van der Waals surface area contributed by atoms with Crippen LogP contribution in [0.15, 0.2) is 18.2 Å². The third kappa shape index (κ3) is 3.27. The van der Waals surface area contributed by atoms with E-state index in [0.717, 1.165) is 44.6 Å². The van der Waals surface area contributed by atoms with E-state index in [0.29, 0.717) is 19.1 Å². The van der Waals surface area contributed by atoms with Gasteiger partial charge in [0.2, 0.25) is 0 Å². The van der Waals surface area contributed by atoms with Crippen molar-refractivity contribution in [2.75, 3.05) is 26.2 Å². The van der Waals surface area contributed by atoms with Crippen LogP contribution in [0, 0.1) is 5.92 Å². The SMILES string of the molecule is CCNCC1CCN(C(=O)c2ccc3c(c2)COC3)CC1. The van der Waals surface area contributed by atoms with Gasteiger partial charge in [0.15, 0.2) is 0 Å². The normalized spacial score (nSPS) is 18.8. The van der Waals surface area contributed by atoms with E-state index in [1.165, 1.54) is 11.1 Å². The maximum Gasteiger partial charge on any atom is 0.253 e. The van der Waals surface area contributed by atoms with E-state index in [9.17, 15) is 4.79 Å². The Kier molecular flexibility index (Phi) is 4.56. The summed E-state index contributed by atoms with van der Waals surface area (Å²) in [6.07, 6.45) is 2.21. The fourth-order valence-corrected chi connectivity index (χ4v) is 3.18. The minimum Gasteiger partial charge on any atom is -0.372 e. The smallest absolute Gasteiger partial charge is 0.253 e. The molecule has 114 valence electrons. The fraction of sp³-hybridized carbons (Fsp3) is 0.588. The van der Waals surface area contributed by atoms with Crippen molar-refractivity contribution in [3.8, 4) is 0 Å². The average Bonchev–Trinajstić information content (AvgIpc) is 3.00. The molecule has 1 saturated heterocycles. The number of hydrogen-bond acceptors (Lipinski definition) is 3. The summed E-state index contributed by atoms with van der Waals surface area (Å²) in [6.45, 7) is 7.31. The van der Waals surface area contributed by atoms with Crippen LogP contribution in [0.3, 0.4) is 0 Å². The van der Waals surface area contributed by atoms with E-state index in [2.05, 4.69) is 12.2 Å². The number of hydrogen-bond donors (Lipinski definition) is 1. The van der Waals surface area contributed by atoms with Crippen LogP contribution in [0.1, 0.15) is 41.3 Å². The van der Waals surface area contributed by atoms with Crippen molar-refractivity contribution in [1.82, 2.24) is 10.2 Å². The highest BCUT2D eigenvalue weighted by Gasteiger charge is 2.24. The van der Waals surface area contributed by atoms with Crippen LogP contribution >= 0.6 is 0 Å². The van der Waals surface area contributed by atoms with Gasteiger partial charge in [-0.3, -0.25) is 4.79 Å². The molecule has 0 aromatic heterocycles. The molecule has 1 aromatic rings. The number of carbonyl (C=O) groups excluding carboxylic acids is 1. The van der Waals surface area contributed by atoms with E-state index in [1.807, 2.05) is 23.1 Å². The van der Waals surface area contributed by atoms with Crippen LogP contribution < -0.4 is 5.32 Å². The first-order valence-electron chi connectivity index (χ1n) is 7.97. The zero-order valence-corrected chi connectivity index (χ0v) is 12.7. The van der Waals surface area contributed by atoms with E-state index in [1.54, 1.807) is 0 Å². The first-order valence-corrected chi connectivity index (χ1v) is 7.97. The van der Waals surface area contributed by atoms with Crippen molar-refractivity contribution in [3.05, 3.63) is 34.9 Å². The van der Waals surface area contributed by atoms with Gasteiger partial charge in [0.05, 0.1) is 13.2 Å². The summed E-state index contributed by atoms with van der Waals surface area (Å²) < 4.78 is 5.41. The minimum absolute atomic E-state index is 0.173. The van der Waals surface area contributed by atoms with Crippen molar-refractivity contribution >= 4 is 5.91 Å². The maximum atomic E-state index is 12.6. The molecular formula is C17H24N2O2. The number of nitrogens with zero attached hydrogens (tertiary/aromatic N) is 1. The molecule has 2 aliphatic heterocycles. The van der Waals surface area contributed by atoms with Gasteiger partial charge in [-0.1, -0.05) is 13.0 Å². The standard InChI is InChI=1S/C17H24N2O2/c1-2-18-10-13-5-7-19(8-6-13)17(20)14-3-4-15-11-21-12-16(15)9-14/h3-4,9,13,18H,2,5-8,10-12H2,1H3. The number of carbonyl (C=O) groups is 1. The molecule has 21 heavy (non-hydrogen) atoms. The van der Waals surface area contributed by atoms with E-state index in [-0.39, 0.29) is 5.91 Å². The Bertz CT molecular complexity index is 508. The highest BCUT2D eigenvalue weighted by Crippen LogP contribution is 2.23. The third-order valence-corrected chi connectivity index (χ3v) is 4.55. The molecule has 1 N–H and O–H groups in total. The van der Waals surface area contributed by atoms with Crippen molar-refractivity contribution in [2.24, 2.45) is 5.92 Å². The lowest BCUT2D eigenvalue weighted by molar-refractivity contribution is 0.0690. The Balaban J connectivity index is 1.59. The zero-order valence-electron chi connectivity index (χ0n) is 12.7. The second-order valence-electron chi connectivity index (χ2n) is 6.02. The van der Waals surface area contributed by atoms with E-state index in [4.69, 9.17) is 4.74 Å². The molecule has 0 spiro atoms. The Morgan fingerprint density at radius 2 is 2.05 bits per heavy atom. The van der Waals surface area contributed by atoms with Crippen molar-refractivity contribution in [2.45, 2.75) is 33.0 Å². The highest BCUT2D eigenvalue weighted by atomic mass is 16.5. The van der Waals surface area contributed by atoms with Gasteiger partial charge in [0.1, 0.15) is 0 Å². The Labute approximate surface area is 126 Å². The number of nitrogens with one attached hydrogen (secondary N) is 1. The van der Waals surface area contributed by atoms with Gasteiger partial charge in [-0.05, 0) is 55.1 Å². The molecule has 2 heterocycles. The summed E-state index contributed by atoms with van der Waals surface area (Å²) in [7, 11) is 0. The minimum atomic E-state index is 0.173. The first kappa shape index (κ1) is 14.5. The van der Waals surface area contributed by atoms with E-state index >= 15 is 0 Å². The average molecular weight is 288 g/mol. The third-order valence-electron chi connectivity index (χ3n) is 4.55. The molecule has 0 unspecified atom stereocenters. The number of benzene rings is 1. The molecule has 0 bridgehead atoms. The molecule has 1 aromatic carbocycles. The lowest BCUT2D eigenvalue weighted by atomic mass is 9.96. The maximum absolute atomic E-state index is 12.6. The largest absolute Gasteiger partial charge is 0.372 e. The summed E-state index contributed by atoms with van der Waals surface area (Å²) in [6, 6.07) is 5.99. The second kappa shape index (κ2) is 6.58. The number of rotatable bonds is 4. The van der Waals surface area contributed by atoms with Crippen LogP contribution in [0.25, 0.3) is 0 Å². The predicted octanol–water partition coefficient (Wildman–Crippen LogP) is 2.18. The highest BCUT2D eigenvalue weighted by molar-refractivity contribution is 5.94. The molecule has 2 aliphatic rings. The molecule has 1 fully saturated rings. The van der Waals surface area contributed by atoms with Crippen molar-refractivity contribution in [3.63, 3.8) is 0 Å². The summed E-state index contributed by atoms with van der Waals surface area (Å²) in [5.41, 5.74) is 3.20. The van der Waals surface area contributed by atoms with Crippen LogP contribution in [-0.2, 0) is 18.0 Å². The van der Waals surface area contributed by atoms with Crippen LogP contribution in [0.2, 0.25) is 0 Å². The lowest BCUT2D eigenvalue weighted by Gasteiger charge is -2.32. The van der Waals surface area contributed by atoms with Gasteiger partial charge in [-0.2, -0.15) is 0 Å². The number of likely N-dealkylation sites (tertiary alicyclic amines) is 1. The molecule has 0 saturated carbocycles. The van der Waals surface area contributed by atoms with Gasteiger partial charge in [-0.15, -0.1) is 0 Å². The number of ether oxygens (including phenoxy) is 1. The van der Waals surface area contributed by atoms with Crippen molar-refractivity contribution < 1.29 is 9.53 Å². The molecular weight excluding hydrogens is 264 g/mol. The number of fused-ring (bicyclic) bond motifs is 1. The summed E-state index contributed by atoms with van der Waals surface area (Å²) >= 11 is 0. The molecule has 0 atom stereocenters. The van der Waals surface area contributed by atoms with Gasteiger partial charge in [-0.25, -0.2) is 0 Å². The fourth-order valence-electron chi connectivity index (χ4n) is 3.18. The Morgan fingerprint density at radius 3 is 2.81 bits per heavy atom. The van der Waals surface area contributed by atoms with Crippen LogP contribution in [0.4, 0.5) is 0 Å². The molecule has 4 heteroatoms. The molecule has 3 rings (SSSR count). The second-order valence-corrected chi connectivity index (χ2v) is 6.02. The summed E-state index contributed by atoms with van der Waals surface area (Å²) in [5, 5.41) is 3.40. The molecule has 4 nitrogen and oxygen atoms in total. The van der Waals surface area contributed by atoms with Gasteiger partial charge < -0.3 is 15.0 Å². The molecule has 1 amide bonds. The first-order chi connectivity index (χ1) is 10.3. The lowest BCUT2D eigenvalue weighted by Crippen LogP contribution is -2.40. The van der Waals surface area contributed by atoms with Gasteiger partial charge >= 0.3 is 0 Å². The topological polar surface area (TPSA) is 41.6 Å². The Morgan fingerprint density at radius 1 is 1.29 bits per heavy atom. The number of amides is 1. The van der Waals surface area contributed by atoms with Gasteiger partial charge in [0.25, 0.3) is 5.91 Å². The van der Waals surface area contributed by atoms with Crippen LogP contribution in [-0.4, -0.2) is 37.0 Å². The molecule has 0 aliphatic carbocycles. The summed E-state index contributed by atoms with van der Waals surface area (Å²) in [4.78, 5) is 14.6. The molecule has 0 radical (unpaired) electrons. The quantitative estimate of drug-likeness (QED) is 0.923. The van der Waals surface area contributed by atoms with E-state index < -0.39 is 0 Å². The van der Waals surface area contributed by atoms with Gasteiger partial charge in [0, 0.05) is 18.7 Å². The zero-order chi connectivity index (χ0) is 14.7. The van der Waals surface area contributed by atoms with Crippen LogP contribution in [0.5, 0.6) is 0 Å². The monoisotopic (exact) mass is 288 g/mol. The predicted molar refractivity (Wildman–Crippen MR) is 82.1 cm³/mol. The Hall–Kier alpha value is -1.39. The summed E-state index contributed by atoms with van der Waals surface area (Å²) in [5.74, 6) is 0.883. The van der Waals surface area contributed by atoms with Crippen molar-refractivity contribution in [1.29, 1.82) is 0 Å². The number of piperidine rings is 1.